The maximum absolute atomic E-state index is 11.4. The van der Waals surface area contributed by atoms with E-state index in [0.717, 1.165) is 5.56 Å². The molecular weight excluding hydrogens is 244 g/mol. The summed E-state index contributed by atoms with van der Waals surface area (Å²) in [7, 11) is 1.31. The Hall–Kier alpha value is -2.10. The maximum Gasteiger partial charge on any atom is 0.346 e. The van der Waals surface area contributed by atoms with Crippen LogP contribution >= 0.6 is 0 Å². The van der Waals surface area contributed by atoms with Crippen molar-refractivity contribution in [2.24, 2.45) is 0 Å². The SMILES string of the molecule is C/C=C/c1cc(C(C)=O)ccc1OC(C)C(=O)OC. The predicted molar refractivity (Wildman–Crippen MR) is 73.3 cm³/mol. The van der Waals surface area contributed by atoms with Crippen LogP contribution < -0.4 is 4.74 Å². The van der Waals surface area contributed by atoms with Gasteiger partial charge < -0.3 is 9.47 Å². The Balaban J connectivity index is 3.06. The molecule has 0 saturated carbocycles. The van der Waals surface area contributed by atoms with E-state index in [2.05, 4.69) is 4.74 Å². The van der Waals surface area contributed by atoms with Crippen molar-refractivity contribution in [2.45, 2.75) is 26.9 Å². The topological polar surface area (TPSA) is 52.6 Å². The van der Waals surface area contributed by atoms with Gasteiger partial charge in [-0.05, 0) is 39.0 Å². The number of hydrogen-bond donors (Lipinski definition) is 0. The molecule has 0 radical (unpaired) electrons. The summed E-state index contributed by atoms with van der Waals surface area (Å²) in [6.07, 6.45) is 2.97. The zero-order valence-electron chi connectivity index (χ0n) is 11.6. The number of Topliss-reactive ketones (excluding diaryl/α,β-unsaturated/α-hetero) is 1. The number of carbonyl (C=O) groups excluding carboxylic acids is 2. The van der Waals surface area contributed by atoms with Crippen LogP contribution in [0.5, 0.6) is 5.75 Å². The lowest BCUT2D eigenvalue weighted by atomic mass is 10.1. The van der Waals surface area contributed by atoms with Crippen molar-refractivity contribution in [2.75, 3.05) is 7.11 Å². The molecule has 0 aliphatic heterocycles. The van der Waals surface area contributed by atoms with Gasteiger partial charge >= 0.3 is 5.97 Å². The Morgan fingerprint density at radius 2 is 2.00 bits per heavy atom. The molecule has 0 heterocycles. The van der Waals surface area contributed by atoms with Gasteiger partial charge in [-0.1, -0.05) is 12.2 Å². The highest BCUT2D eigenvalue weighted by molar-refractivity contribution is 5.95. The van der Waals surface area contributed by atoms with E-state index >= 15 is 0 Å². The Labute approximate surface area is 113 Å². The fourth-order valence-corrected chi connectivity index (χ4v) is 1.59. The van der Waals surface area contributed by atoms with Crippen molar-refractivity contribution in [1.29, 1.82) is 0 Å². The van der Waals surface area contributed by atoms with Crippen LogP contribution in [0.3, 0.4) is 0 Å². The van der Waals surface area contributed by atoms with Crippen molar-refractivity contribution in [3.8, 4) is 5.75 Å². The van der Waals surface area contributed by atoms with Crippen LogP contribution in [0.1, 0.15) is 36.7 Å². The minimum Gasteiger partial charge on any atom is -0.478 e. The summed E-state index contributed by atoms with van der Waals surface area (Å²) >= 11 is 0. The van der Waals surface area contributed by atoms with Crippen LogP contribution in [-0.4, -0.2) is 25.0 Å². The second-order valence-corrected chi connectivity index (χ2v) is 4.09. The van der Waals surface area contributed by atoms with Crippen LogP contribution in [0, 0.1) is 0 Å². The average molecular weight is 262 g/mol. The fraction of sp³-hybridized carbons (Fsp3) is 0.333. The van der Waals surface area contributed by atoms with E-state index in [9.17, 15) is 9.59 Å². The molecular formula is C15H18O4. The Bertz CT molecular complexity index is 503. The van der Waals surface area contributed by atoms with Crippen LogP contribution in [0.4, 0.5) is 0 Å². The lowest BCUT2D eigenvalue weighted by Crippen LogP contribution is -2.25. The van der Waals surface area contributed by atoms with Gasteiger partial charge in [0.1, 0.15) is 5.75 Å². The molecule has 0 aromatic heterocycles. The number of ketones is 1. The van der Waals surface area contributed by atoms with Crippen molar-refractivity contribution in [1.82, 2.24) is 0 Å². The molecule has 0 aliphatic rings. The first-order valence-electron chi connectivity index (χ1n) is 6.01. The van der Waals surface area contributed by atoms with Crippen molar-refractivity contribution >= 4 is 17.8 Å². The molecule has 1 aromatic carbocycles. The highest BCUT2D eigenvalue weighted by Gasteiger charge is 2.16. The standard InChI is InChI=1S/C15H18O4/c1-5-6-13-9-12(10(2)16)7-8-14(13)19-11(3)15(17)18-4/h5-9,11H,1-4H3/b6-5+. The molecule has 0 fully saturated rings. The molecule has 0 aliphatic carbocycles. The van der Waals surface area contributed by atoms with E-state index in [4.69, 9.17) is 4.74 Å². The number of hydrogen-bond acceptors (Lipinski definition) is 4. The summed E-state index contributed by atoms with van der Waals surface area (Å²) in [4.78, 5) is 22.7. The van der Waals surface area contributed by atoms with Gasteiger partial charge in [0.15, 0.2) is 11.9 Å². The van der Waals surface area contributed by atoms with Crippen LogP contribution in [-0.2, 0) is 9.53 Å². The third-order valence-corrected chi connectivity index (χ3v) is 2.60. The van der Waals surface area contributed by atoms with Crippen molar-refractivity contribution in [3.63, 3.8) is 0 Å². The molecule has 1 aromatic rings. The highest BCUT2D eigenvalue weighted by Crippen LogP contribution is 2.23. The average Bonchev–Trinajstić information content (AvgIpc) is 2.39. The Morgan fingerprint density at radius 3 is 2.53 bits per heavy atom. The van der Waals surface area contributed by atoms with Crippen LogP contribution in [0.2, 0.25) is 0 Å². The summed E-state index contributed by atoms with van der Waals surface area (Å²) in [5.41, 5.74) is 1.36. The van der Waals surface area contributed by atoms with E-state index in [0.29, 0.717) is 11.3 Å². The minimum atomic E-state index is -0.697. The minimum absolute atomic E-state index is 0.0154. The van der Waals surface area contributed by atoms with Gasteiger partial charge in [-0.3, -0.25) is 4.79 Å². The molecule has 1 atom stereocenters. The monoisotopic (exact) mass is 262 g/mol. The van der Waals surface area contributed by atoms with Gasteiger partial charge in [-0.25, -0.2) is 4.79 Å². The largest absolute Gasteiger partial charge is 0.478 e. The lowest BCUT2D eigenvalue weighted by molar-refractivity contribution is -0.147. The van der Waals surface area contributed by atoms with E-state index in [-0.39, 0.29) is 5.78 Å². The number of esters is 1. The van der Waals surface area contributed by atoms with Gasteiger partial charge in [0.05, 0.1) is 7.11 Å². The third-order valence-electron chi connectivity index (χ3n) is 2.60. The molecule has 1 unspecified atom stereocenters. The number of allylic oxidation sites excluding steroid dienone is 1. The maximum atomic E-state index is 11.4. The van der Waals surface area contributed by atoms with Crippen LogP contribution in [0.15, 0.2) is 24.3 Å². The number of methoxy groups -OCH3 is 1. The second-order valence-electron chi connectivity index (χ2n) is 4.09. The molecule has 0 bridgehead atoms. The predicted octanol–water partition coefficient (Wildman–Crippen LogP) is 2.86. The first-order valence-corrected chi connectivity index (χ1v) is 6.01. The van der Waals surface area contributed by atoms with E-state index in [1.807, 2.05) is 19.1 Å². The molecule has 19 heavy (non-hydrogen) atoms. The first kappa shape index (κ1) is 15.0. The van der Waals surface area contributed by atoms with Gasteiger partial charge in [0.25, 0.3) is 0 Å². The lowest BCUT2D eigenvalue weighted by Gasteiger charge is -2.15. The second kappa shape index (κ2) is 6.73. The van der Waals surface area contributed by atoms with Crippen molar-refractivity contribution in [3.05, 3.63) is 35.4 Å². The number of carbonyl (C=O) groups is 2. The molecule has 4 nitrogen and oxygen atoms in total. The normalized spacial score (nSPS) is 12.2. The number of ether oxygens (including phenoxy) is 2. The van der Waals surface area contributed by atoms with Gasteiger partial charge in [-0.15, -0.1) is 0 Å². The molecule has 1 rings (SSSR count). The number of benzene rings is 1. The molecule has 102 valence electrons. The summed E-state index contributed by atoms with van der Waals surface area (Å²) in [5, 5.41) is 0. The molecule has 0 spiro atoms. The Morgan fingerprint density at radius 1 is 1.32 bits per heavy atom. The Kier molecular flexibility index (Phi) is 5.30. The van der Waals surface area contributed by atoms with E-state index < -0.39 is 12.1 Å². The molecule has 0 saturated heterocycles. The summed E-state index contributed by atoms with van der Waals surface area (Å²) < 4.78 is 10.2. The zero-order chi connectivity index (χ0) is 14.4. The molecule has 4 heteroatoms. The fourth-order valence-electron chi connectivity index (χ4n) is 1.59. The van der Waals surface area contributed by atoms with Gasteiger partial charge in [0.2, 0.25) is 0 Å². The van der Waals surface area contributed by atoms with Crippen molar-refractivity contribution < 1.29 is 19.1 Å². The number of rotatable bonds is 5. The van der Waals surface area contributed by atoms with Crippen LogP contribution in [0.25, 0.3) is 6.08 Å². The summed E-state index contributed by atoms with van der Waals surface area (Å²) in [5.74, 6) is 0.0846. The smallest absolute Gasteiger partial charge is 0.346 e. The highest BCUT2D eigenvalue weighted by atomic mass is 16.6. The van der Waals surface area contributed by atoms with Gasteiger partial charge in [-0.2, -0.15) is 0 Å². The quantitative estimate of drug-likeness (QED) is 0.605. The summed E-state index contributed by atoms with van der Waals surface area (Å²) in [6, 6.07) is 5.10. The van der Waals surface area contributed by atoms with E-state index in [1.54, 1.807) is 25.1 Å². The third kappa shape index (κ3) is 3.95. The van der Waals surface area contributed by atoms with E-state index in [1.165, 1.54) is 14.0 Å². The molecule has 0 amide bonds. The summed E-state index contributed by atoms with van der Waals surface area (Å²) in [6.45, 7) is 4.99. The van der Waals surface area contributed by atoms with Gasteiger partial charge in [0, 0.05) is 11.1 Å². The first-order chi connectivity index (χ1) is 8.99. The molecule has 0 N–H and O–H groups in total. The zero-order valence-corrected chi connectivity index (χ0v) is 11.6.